The number of anilines is 1. The summed E-state index contributed by atoms with van der Waals surface area (Å²) in [6.45, 7) is 5.01. The lowest BCUT2D eigenvalue weighted by Gasteiger charge is -2.33. The summed E-state index contributed by atoms with van der Waals surface area (Å²) < 4.78 is 13.0. The summed E-state index contributed by atoms with van der Waals surface area (Å²) >= 11 is 0. The zero-order valence-electron chi connectivity index (χ0n) is 8.33. The number of benzene rings is 1. The molecule has 1 aliphatic rings. The van der Waals surface area contributed by atoms with E-state index in [1.54, 1.807) is 12.1 Å². The number of rotatable bonds is 1. The van der Waals surface area contributed by atoms with Crippen LogP contribution >= 0.6 is 0 Å². The van der Waals surface area contributed by atoms with Crippen molar-refractivity contribution in [3.8, 4) is 0 Å². The van der Waals surface area contributed by atoms with Gasteiger partial charge >= 0.3 is 0 Å². The van der Waals surface area contributed by atoms with Crippen molar-refractivity contribution in [2.24, 2.45) is 0 Å². The molecule has 0 aliphatic carbocycles. The third-order valence-electron chi connectivity index (χ3n) is 2.54. The van der Waals surface area contributed by atoms with Gasteiger partial charge in [-0.15, -0.1) is 0 Å². The highest BCUT2D eigenvalue weighted by Crippen LogP contribution is 2.16. The molecule has 1 fully saturated rings. The van der Waals surface area contributed by atoms with Crippen molar-refractivity contribution in [2.75, 3.05) is 24.5 Å². The van der Waals surface area contributed by atoms with Crippen LogP contribution in [0, 0.1) is 5.82 Å². The summed E-state index contributed by atoms with van der Waals surface area (Å²) in [7, 11) is 0. The normalized spacial score (nSPS) is 22.4. The maximum absolute atomic E-state index is 13.0. The second-order valence-electron chi connectivity index (χ2n) is 3.78. The Morgan fingerprint density at radius 1 is 1.50 bits per heavy atom. The van der Waals surface area contributed by atoms with E-state index in [-0.39, 0.29) is 5.82 Å². The molecule has 3 heteroatoms. The van der Waals surface area contributed by atoms with Gasteiger partial charge < -0.3 is 10.2 Å². The monoisotopic (exact) mass is 194 g/mol. The highest BCUT2D eigenvalue weighted by atomic mass is 19.1. The van der Waals surface area contributed by atoms with Crippen LogP contribution in [0.3, 0.4) is 0 Å². The first kappa shape index (κ1) is 9.46. The van der Waals surface area contributed by atoms with E-state index in [1.165, 1.54) is 6.07 Å². The Morgan fingerprint density at radius 2 is 2.36 bits per heavy atom. The number of piperazine rings is 1. The van der Waals surface area contributed by atoms with E-state index in [1.807, 2.05) is 6.07 Å². The van der Waals surface area contributed by atoms with E-state index in [4.69, 9.17) is 0 Å². The van der Waals surface area contributed by atoms with Crippen molar-refractivity contribution in [1.29, 1.82) is 0 Å². The van der Waals surface area contributed by atoms with Crippen LogP contribution in [-0.4, -0.2) is 25.7 Å². The fourth-order valence-electron chi connectivity index (χ4n) is 1.84. The molecule has 1 aliphatic heterocycles. The summed E-state index contributed by atoms with van der Waals surface area (Å²) in [6.07, 6.45) is 0. The van der Waals surface area contributed by atoms with Crippen LogP contribution in [0.5, 0.6) is 0 Å². The second-order valence-corrected chi connectivity index (χ2v) is 3.78. The molecule has 0 unspecified atom stereocenters. The molecule has 0 spiro atoms. The van der Waals surface area contributed by atoms with E-state index in [2.05, 4.69) is 17.1 Å². The smallest absolute Gasteiger partial charge is 0.125 e. The Labute approximate surface area is 83.7 Å². The van der Waals surface area contributed by atoms with Gasteiger partial charge in [0.1, 0.15) is 5.82 Å². The first-order valence-electron chi connectivity index (χ1n) is 4.99. The van der Waals surface area contributed by atoms with E-state index in [0.717, 1.165) is 25.3 Å². The van der Waals surface area contributed by atoms with Gasteiger partial charge in [0.05, 0.1) is 0 Å². The fraction of sp³-hybridized carbons (Fsp3) is 0.455. The predicted octanol–water partition coefficient (Wildman–Crippen LogP) is 1.62. The molecule has 1 atom stereocenters. The van der Waals surface area contributed by atoms with Crippen LogP contribution in [0.4, 0.5) is 10.1 Å². The van der Waals surface area contributed by atoms with Gasteiger partial charge in [-0.3, -0.25) is 0 Å². The highest BCUT2D eigenvalue weighted by Gasteiger charge is 2.15. The van der Waals surface area contributed by atoms with Crippen LogP contribution in [0.25, 0.3) is 0 Å². The van der Waals surface area contributed by atoms with Crippen LogP contribution in [0.1, 0.15) is 6.92 Å². The van der Waals surface area contributed by atoms with Crippen molar-refractivity contribution >= 4 is 5.69 Å². The molecule has 0 saturated carbocycles. The molecule has 0 radical (unpaired) electrons. The lowest BCUT2D eigenvalue weighted by atomic mass is 10.2. The van der Waals surface area contributed by atoms with Crippen LogP contribution in [0.2, 0.25) is 0 Å². The van der Waals surface area contributed by atoms with E-state index < -0.39 is 0 Å². The van der Waals surface area contributed by atoms with Gasteiger partial charge in [-0.25, -0.2) is 4.39 Å². The molecule has 1 saturated heterocycles. The molecule has 2 rings (SSSR count). The SMILES string of the molecule is C[C@@H]1CN(c2cccc(F)c2)CCN1. The zero-order valence-corrected chi connectivity index (χ0v) is 8.33. The number of halogens is 1. The fourth-order valence-corrected chi connectivity index (χ4v) is 1.84. The molecular formula is C11H15FN2. The Morgan fingerprint density at radius 3 is 3.07 bits per heavy atom. The predicted molar refractivity (Wildman–Crippen MR) is 56.1 cm³/mol. The Kier molecular flexibility index (Phi) is 2.68. The van der Waals surface area contributed by atoms with Crippen LogP contribution < -0.4 is 10.2 Å². The van der Waals surface area contributed by atoms with E-state index in [0.29, 0.717) is 6.04 Å². The molecule has 76 valence electrons. The lowest BCUT2D eigenvalue weighted by molar-refractivity contribution is 0.484. The summed E-state index contributed by atoms with van der Waals surface area (Å²) in [4.78, 5) is 2.21. The Bertz CT molecular complexity index is 314. The zero-order chi connectivity index (χ0) is 9.97. The first-order chi connectivity index (χ1) is 6.75. The molecule has 1 aromatic carbocycles. The quantitative estimate of drug-likeness (QED) is 0.731. The number of hydrogen-bond acceptors (Lipinski definition) is 2. The third-order valence-corrected chi connectivity index (χ3v) is 2.54. The van der Waals surface area contributed by atoms with Crippen LogP contribution in [-0.2, 0) is 0 Å². The molecule has 0 amide bonds. The van der Waals surface area contributed by atoms with Gasteiger partial charge in [0.25, 0.3) is 0 Å². The van der Waals surface area contributed by atoms with Crippen molar-refractivity contribution < 1.29 is 4.39 Å². The topological polar surface area (TPSA) is 15.3 Å². The Balaban J connectivity index is 2.14. The molecule has 14 heavy (non-hydrogen) atoms. The first-order valence-corrected chi connectivity index (χ1v) is 4.99. The minimum Gasteiger partial charge on any atom is -0.369 e. The molecule has 1 heterocycles. The third kappa shape index (κ3) is 2.04. The summed E-state index contributed by atoms with van der Waals surface area (Å²) in [5.74, 6) is -0.159. The number of nitrogens with zero attached hydrogens (tertiary/aromatic N) is 1. The summed E-state index contributed by atoms with van der Waals surface area (Å²) in [6, 6.07) is 7.28. The molecule has 2 nitrogen and oxygen atoms in total. The van der Waals surface area contributed by atoms with E-state index >= 15 is 0 Å². The minimum absolute atomic E-state index is 0.159. The van der Waals surface area contributed by atoms with Crippen molar-refractivity contribution in [1.82, 2.24) is 5.32 Å². The van der Waals surface area contributed by atoms with Gasteiger partial charge in [0.2, 0.25) is 0 Å². The molecule has 0 aromatic heterocycles. The molecular weight excluding hydrogens is 179 g/mol. The molecule has 1 aromatic rings. The van der Waals surface area contributed by atoms with Crippen LogP contribution in [0.15, 0.2) is 24.3 Å². The average molecular weight is 194 g/mol. The van der Waals surface area contributed by atoms with Crippen molar-refractivity contribution in [2.45, 2.75) is 13.0 Å². The number of hydrogen-bond donors (Lipinski definition) is 1. The van der Waals surface area contributed by atoms with Crippen molar-refractivity contribution in [3.05, 3.63) is 30.1 Å². The highest BCUT2D eigenvalue weighted by molar-refractivity contribution is 5.47. The summed E-state index contributed by atoms with van der Waals surface area (Å²) in [5, 5.41) is 3.36. The Hall–Kier alpha value is -1.09. The standard InChI is InChI=1S/C11H15FN2/c1-9-8-14(6-5-13-9)11-4-2-3-10(12)7-11/h2-4,7,9,13H,5-6,8H2,1H3/t9-/m1/s1. The van der Waals surface area contributed by atoms with Gasteiger partial charge in [-0.1, -0.05) is 6.07 Å². The van der Waals surface area contributed by atoms with Gasteiger partial charge in [0.15, 0.2) is 0 Å². The average Bonchev–Trinajstić information content (AvgIpc) is 2.18. The van der Waals surface area contributed by atoms with E-state index in [9.17, 15) is 4.39 Å². The summed E-state index contributed by atoms with van der Waals surface area (Å²) in [5.41, 5.74) is 0.985. The minimum atomic E-state index is -0.159. The number of nitrogens with one attached hydrogen (secondary N) is 1. The molecule has 1 N–H and O–H groups in total. The largest absolute Gasteiger partial charge is 0.369 e. The van der Waals surface area contributed by atoms with Gasteiger partial charge in [-0.05, 0) is 25.1 Å². The second kappa shape index (κ2) is 3.96. The van der Waals surface area contributed by atoms with Gasteiger partial charge in [0, 0.05) is 31.4 Å². The van der Waals surface area contributed by atoms with Crippen molar-refractivity contribution in [3.63, 3.8) is 0 Å². The molecule has 0 bridgehead atoms. The maximum atomic E-state index is 13.0. The van der Waals surface area contributed by atoms with Gasteiger partial charge in [-0.2, -0.15) is 0 Å². The maximum Gasteiger partial charge on any atom is 0.125 e. The lowest BCUT2D eigenvalue weighted by Crippen LogP contribution is -2.49.